The molecule has 94 valence electrons. The van der Waals surface area contributed by atoms with Gasteiger partial charge in [-0.25, -0.2) is 0 Å². The average molecular weight is 236 g/mol. The fourth-order valence-electron chi connectivity index (χ4n) is 2.10. The number of nitrogens with one attached hydrogen (secondary N) is 2. The van der Waals surface area contributed by atoms with Gasteiger partial charge in [0.2, 0.25) is 5.91 Å². The van der Waals surface area contributed by atoms with E-state index in [-0.39, 0.29) is 11.9 Å². The molecule has 2 atom stereocenters. The van der Waals surface area contributed by atoms with Gasteiger partial charge in [-0.05, 0) is 32.4 Å². The second-order valence-electron chi connectivity index (χ2n) is 4.55. The predicted octanol–water partition coefficient (Wildman–Crippen LogP) is 0.702. The summed E-state index contributed by atoms with van der Waals surface area (Å²) in [7, 11) is 0. The van der Waals surface area contributed by atoms with Gasteiger partial charge in [0.05, 0.1) is 0 Å². The molecule has 2 rings (SSSR count). The molecule has 0 bridgehead atoms. The van der Waals surface area contributed by atoms with E-state index in [0.29, 0.717) is 12.6 Å². The first-order valence-corrected chi connectivity index (χ1v) is 6.27. The van der Waals surface area contributed by atoms with Crippen molar-refractivity contribution in [2.45, 2.75) is 38.3 Å². The molecule has 0 saturated carbocycles. The standard InChI is InChI=1S/C12H20N4O/c1-10(16-8-4-7-15-16)12(17)14-9-11-5-2-3-6-13-11/h4,7-8,10-11,13H,2-3,5-6,9H2,1H3,(H,14,17). The Morgan fingerprint density at radius 3 is 3.18 bits per heavy atom. The van der Waals surface area contributed by atoms with E-state index in [2.05, 4.69) is 15.7 Å². The van der Waals surface area contributed by atoms with Gasteiger partial charge >= 0.3 is 0 Å². The van der Waals surface area contributed by atoms with Crippen LogP contribution in [0.4, 0.5) is 0 Å². The van der Waals surface area contributed by atoms with E-state index in [1.54, 1.807) is 10.9 Å². The Morgan fingerprint density at radius 1 is 1.65 bits per heavy atom. The van der Waals surface area contributed by atoms with Gasteiger partial charge in [-0.1, -0.05) is 6.42 Å². The van der Waals surface area contributed by atoms with Crippen LogP contribution in [0.2, 0.25) is 0 Å². The van der Waals surface area contributed by atoms with Crippen LogP contribution >= 0.6 is 0 Å². The first-order valence-electron chi connectivity index (χ1n) is 6.27. The molecule has 1 aromatic heterocycles. The van der Waals surface area contributed by atoms with E-state index in [1.807, 2.05) is 19.2 Å². The zero-order valence-corrected chi connectivity index (χ0v) is 10.2. The maximum atomic E-state index is 11.9. The van der Waals surface area contributed by atoms with E-state index < -0.39 is 0 Å². The molecule has 0 aliphatic carbocycles. The second kappa shape index (κ2) is 5.82. The SMILES string of the molecule is CC(C(=O)NCC1CCCCN1)n1cccn1. The minimum Gasteiger partial charge on any atom is -0.353 e. The van der Waals surface area contributed by atoms with Crippen molar-refractivity contribution in [3.63, 3.8) is 0 Å². The third-order valence-electron chi connectivity index (χ3n) is 3.24. The number of hydrogen-bond acceptors (Lipinski definition) is 3. The van der Waals surface area contributed by atoms with Crippen LogP contribution in [0.25, 0.3) is 0 Å². The molecular weight excluding hydrogens is 216 g/mol. The molecule has 0 spiro atoms. The van der Waals surface area contributed by atoms with E-state index in [9.17, 15) is 4.79 Å². The Labute approximate surface area is 102 Å². The molecule has 1 aliphatic rings. The Bertz CT molecular complexity index is 343. The van der Waals surface area contributed by atoms with E-state index in [1.165, 1.54) is 12.8 Å². The normalized spacial score (nSPS) is 22.1. The number of rotatable bonds is 4. The molecular formula is C12H20N4O. The largest absolute Gasteiger partial charge is 0.353 e. The van der Waals surface area contributed by atoms with Crippen LogP contribution in [0.15, 0.2) is 18.5 Å². The van der Waals surface area contributed by atoms with Gasteiger partial charge in [0.15, 0.2) is 0 Å². The zero-order valence-electron chi connectivity index (χ0n) is 10.2. The summed E-state index contributed by atoms with van der Waals surface area (Å²) in [6.07, 6.45) is 7.14. The van der Waals surface area contributed by atoms with Crippen LogP contribution in [-0.4, -0.2) is 34.8 Å². The van der Waals surface area contributed by atoms with Crippen LogP contribution in [-0.2, 0) is 4.79 Å². The second-order valence-corrected chi connectivity index (χ2v) is 4.55. The minimum absolute atomic E-state index is 0.0288. The van der Waals surface area contributed by atoms with Crippen molar-refractivity contribution >= 4 is 5.91 Å². The molecule has 2 N–H and O–H groups in total. The summed E-state index contributed by atoms with van der Waals surface area (Å²) in [6.45, 7) is 3.64. The number of aromatic nitrogens is 2. The smallest absolute Gasteiger partial charge is 0.244 e. The quantitative estimate of drug-likeness (QED) is 0.809. The van der Waals surface area contributed by atoms with Crippen LogP contribution in [0.1, 0.15) is 32.2 Å². The summed E-state index contributed by atoms with van der Waals surface area (Å²) < 4.78 is 1.67. The summed E-state index contributed by atoms with van der Waals surface area (Å²) in [5, 5.41) is 10.5. The van der Waals surface area contributed by atoms with Crippen LogP contribution < -0.4 is 10.6 Å². The van der Waals surface area contributed by atoms with E-state index in [4.69, 9.17) is 0 Å². The maximum absolute atomic E-state index is 11.9. The minimum atomic E-state index is -0.242. The number of hydrogen-bond donors (Lipinski definition) is 2. The lowest BCUT2D eigenvalue weighted by Crippen LogP contribution is -2.44. The third-order valence-corrected chi connectivity index (χ3v) is 3.24. The zero-order chi connectivity index (χ0) is 12.1. The molecule has 1 saturated heterocycles. The summed E-state index contributed by atoms with van der Waals surface area (Å²) in [5.74, 6) is 0.0288. The van der Waals surface area contributed by atoms with Gasteiger partial charge in [0, 0.05) is 25.0 Å². The van der Waals surface area contributed by atoms with Crippen molar-refractivity contribution in [3.8, 4) is 0 Å². The Hall–Kier alpha value is -1.36. The van der Waals surface area contributed by atoms with Gasteiger partial charge in [-0.15, -0.1) is 0 Å². The number of carbonyl (C=O) groups is 1. The highest BCUT2D eigenvalue weighted by atomic mass is 16.2. The van der Waals surface area contributed by atoms with Crippen LogP contribution in [0.3, 0.4) is 0 Å². The fraction of sp³-hybridized carbons (Fsp3) is 0.667. The highest BCUT2D eigenvalue weighted by molar-refractivity contribution is 5.79. The highest BCUT2D eigenvalue weighted by Gasteiger charge is 2.17. The number of carbonyl (C=O) groups excluding carboxylic acids is 1. The molecule has 1 amide bonds. The maximum Gasteiger partial charge on any atom is 0.244 e. The molecule has 0 aromatic carbocycles. The van der Waals surface area contributed by atoms with E-state index in [0.717, 1.165) is 13.0 Å². The Morgan fingerprint density at radius 2 is 2.53 bits per heavy atom. The molecule has 5 heteroatoms. The number of piperidine rings is 1. The van der Waals surface area contributed by atoms with Gasteiger partial charge in [-0.2, -0.15) is 5.10 Å². The van der Waals surface area contributed by atoms with Crippen molar-refractivity contribution in [3.05, 3.63) is 18.5 Å². The van der Waals surface area contributed by atoms with Gasteiger partial charge in [0.1, 0.15) is 6.04 Å². The third kappa shape index (κ3) is 3.30. The molecule has 1 fully saturated rings. The molecule has 2 heterocycles. The number of nitrogens with zero attached hydrogens (tertiary/aromatic N) is 2. The van der Waals surface area contributed by atoms with E-state index >= 15 is 0 Å². The predicted molar refractivity (Wildman–Crippen MR) is 65.6 cm³/mol. The van der Waals surface area contributed by atoms with Crippen molar-refractivity contribution in [1.82, 2.24) is 20.4 Å². The highest BCUT2D eigenvalue weighted by Crippen LogP contribution is 2.07. The fourth-order valence-corrected chi connectivity index (χ4v) is 2.10. The first kappa shape index (κ1) is 12.1. The summed E-state index contributed by atoms with van der Waals surface area (Å²) in [6, 6.07) is 2.01. The summed E-state index contributed by atoms with van der Waals surface area (Å²) in [4.78, 5) is 11.9. The Balaban J connectivity index is 1.76. The van der Waals surface area contributed by atoms with Gasteiger partial charge in [0.25, 0.3) is 0 Å². The molecule has 5 nitrogen and oxygen atoms in total. The first-order chi connectivity index (χ1) is 8.27. The average Bonchev–Trinajstić information content (AvgIpc) is 2.90. The lowest BCUT2D eigenvalue weighted by atomic mass is 10.1. The molecule has 1 aliphatic heterocycles. The summed E-state index contributed by atoms with van der Waals surface area (Å²) in [5.41, 5.74) is 0. The van der Waals surface area contributed by atoms with Crippen LogP contribution in [0.5, 0.6) is 0 Å². The Kier molecular flexibility index (Phi) is 4.14. The van der Waals surface area contributed by atoms with Crippen molar-refractivity contribution in [2.24, 2.45) is 0 Å². The topological polar surface area (TPSA) is 59.0 Å². The van der Waals surface area contributed by atoms with Crippen LogP contribution in [0, 0.1) is 0 Å². The van der Waals surface area contributed by atoms with Crippen molar-refractivity contribution in [1.29, 1.82) is 0 Å². The lowest BCUT2D eigenvalue weighted by Gasteiger charge is -2.24. The summed E-state index contributed by atoms with van der Waals surface area (Å²) >= 11 is 0. The molecule has 0 radical (unpaired) electrons. The lowest BCUT2D eigenvalue weighted by molar-refractivity contribution is -0.124. The molecule has 2 unspecified atom stereocenters. The number of amides is 1. The molecule has 17 heavy (non-hydrogen) atoms. The van der Waals surface area contributed by atoms with Crippen molar-refractivity contribution in [2.75, 3.05) is 13.1 Å². The van der Waals surface area contributed by atoms with Crippen molar-refractivity contribution < 1.29 is 4.79 Å². The van der Waals surface area contributed by atoms with Gasteiger partial charge < -0.3 is 10.6 Å². The van der Waals surface area contributed by atoms with Gasteiger partial charge in [-0.3, -0.25) is 9.48 Å². The molecule has 1 aromatic rings. The monoisotopic (exact) mass is 236 g/mol.